The zero-order valence-corrected chi connectivity index (χ0v) is 22.1. The highest BCUT2D eigenvalue weighted by atomic mass is 32.2. The number of piperidine rings is 1. The second kappa shape index (κ2) is 9.57. The molecule has 1 atom stereocenters. The molecule has 3 rings (SSSR count). The minimum atomic E-state index is -4.44. The fourth-order valence-corrected chi connectivity index (χ4v) is 7.00. The Morgan fingerprint density at radius 1 is 1.09 bits per heavy atom. The Kier molecular flexibility index (Phi) is 7.49. The van der Waals surface area contributed by atoms with Crippen LogP contribution in [0.4, 0.5) is 0 Å². The standard InChI is InChI=1S/C25H33NO6S2/c1-6-8-20-13-17(3)23(18(4)14-20)24-21(19(5)34(30,31)32)15-25(16-22(24)27)9-11-26(12-10-25)33(28,29)7-2/h13-14,19H,7,9-12,15-16H2,1-5H3,(H,30,31,32). The SMILES string of the molecule is CC#Cc1cc(C)c(C2=C(C(C)S(=O)(=O)O)CC3(CCN(S(=O)(=O)CC)CC3)CC2=O)c(C)c1. The lowest BCUT2D eigenvalue weighted by atomic mass is 9.64. The first-order chi connectivity index (χ1) is 15.7. The summed E-state index contributed by atoms with van der Waals surface area (Å²) in [6.45, 7) is 9.11. The molecule has 1 unspecified atom stereocenters. The van der Waals surface area contributed by atoms with Gasteiger partial charge in [0.2, 0.25) is 10.0 Å². The van der Waals surface area contributed by atoms with E-state index in [-0.39, 0.29) is 18.0 Å². The normalized spacial score (nSPS) is 20.2. The average Bonchev–Trinajstić information content (AvgIpc) is 2.74. The summed E-state index contributed by atoms with van der Waals surface area (Å²) in [5, 5.41) is -1.24. The van der Waals surface area contributed by atoms with Gasteiger partial charge in [0.15, 0.2) is 5.78 Å². The largest absolute Gasteiger partial charge is 0.294 e. The lowest BCUT2D eigenvalue weighted by Gasteiger charge is -2.45. The van der Waals surface area contributed by atoms with Gasteiger partial charge in [-0.2, -0.15) is 8.42 Å². The third kappa shape index (κ3) is 5.15. The summed E-state index contributed by atoms with van der Waals surface area (Å²) in [5.74, 6) is 5.73. The topological polar surface area (TPSA) is 109 Å². The third-order valence-electron chi connectivity index (χ3n) is 7.23. The van der Waals surface area contributed by atoms with Crippen LogP contribution < -0.4 is 0 Å². The lowest BCUT2D eigenvalue weighted by molar-refractivity contribution is -0.117. The number of aryl methyl sites for hydroxylation is 2. The van der Waals surface area contributed by atoms with Crippen molar-refractivity contribution in [3.8, 4) is 11.8 Å². The Labute approximate surface area is 203 Å². The van der Waals surface area contributed by atoms with Gasteiger partial charge in [0.05, 0.1) is 5.75 Å². The van der Waals surface area contributed by atoms with E-state index in [0.29, 0.717) is 49.1 Å². The van der Waals surface area contributed by atoms with Crippen LogP contribution in [0.15, 0.2) is 17.7 Å². The predicted octanol–water partition coefficient (Wildman–Crippen LogP) is 3.50. The van der Waals surface area contributed by atoms with Gasteiger partial charge in [-0.25, -0.2) is 12.7 Å². The number of rotatable bonds is 5. The average molecular weight is 508 g/mol. The van der Waals surface area contributed by atoms with Crippen molar-refractivity contribution in [2.75, 3.05) is 18.8 Å². The van der Waals surface area contributed by atoms with E-state index >= 15 is 0 Å². The number of ketones is 1. The van der Waals surface area contributed by atoms with Crippen LogP contribution in [0.2, 0.25) is 0 Å². The predicted molar refractivity (Wildman–Crippen MR) is 133 cm³/mol. The van der Waals surface area contributed by atoms with E-state index in [1.54, 1.807) is 13.8 Å². The maximum absolute atomic E-state index is 13.7. The zero-order chi connectivity index (χ0) is 25.5. The summed E-state index contributed by atoms with van der Waals surface area (Å²) in [6.07, 6.45) is 1.48. The molecule has 1 aliphatic heterocycles. The number of hydrogen-bond donors (Lipinski definition) is 1. The molecule has 1 heterocycles. The van der Waals surface area contributed by atoms with Gasteiger partial charge >= 0.3 is 0 Å². The number of nitrogens with zero attached hydrogens (tertiary/aromatic N) is 1. The van der Waals surface area contributed by atoms with Gasteiger partial charge in [-0.1, -0.05) is 5.92 Å². The maximum atomic E-state index is 13.7. The van der Waals surface area contributed by atoms with Crippen molar-refractivity contribution in [3.05, 3.63) is 40.0 Å². The van der Waals surface area contributed by atoms with Gasteiger partial charge in [0, 0.05) is 30.6 Å². The molecule has 0 bridgehead atoms. The van der Waals surface area contributed by atoms with Crippen molar-refractivity contribution in [1.82, 2.24) is 4.31 Å². The third-order valence-corrected chi connectivity index (χ3v) is 10.3. The number of hydrogen-bond acceptors (Lipinski definition) is 5. The van der Waals surface area contributed by atoms with E-state index in [1.807, 2.05) is 26.0 Å². The van der Waals surface area contributed by atoms with Gasteiger partial charge in [0.1, 0.15) is 5.25 Å². The summed E-state index contributed by atoms with van der Waals surface area (Å²) < 4.78 is 60.4. The van der Waals surface area contributed by atoms with Crippen molar-refractivity contribution < 1.29 is 26.2 Å². The van der Waals surface area contributed by atoms with Crippen LogP contribution in [0.3, 0.4) is 0 Å². The number of sulfonamides is 1. The van der Waals surface area contributed by atoms with Crippen molar-refractivity contribution in [2.45, 2.75) is 65.6 Å². The molecule has 2 aliphatic rings. The number of carbonyl (C=O) groups excluding carboxylic acids is 1. The van der Waals surface area contributed by atoms with Crippen molar-refractivity contribution in [2.24, 2.45) is 5.41 Å². The second-order valence-electron chi connectivity index (χ2n) is 9.49. The van der Waals surface area contributed by atoms with Crippen LogP contribution in [-0.2, 0) is 24.9 Å². The molecular formula is C25H33NO6S2. The Balaban J connectivity index is 2.12. The molecule has 1 N–H and O–H groups in total. The van der Waals surface area contributed by atoms with Crippen LogP contribution in [0.5, 0.6) is 0 Å². The van der Waals surface area contributed by atoms with Gasteiger partial charge in [-0.15, -0.1) is 5.92 Å². The Morgan fingerprint density at radius 3 is 2.12 bits per heavy atom. The number of allylic oxidation sites excluding steroid dienone is 1. The smallest absolute Gasteiger partial charge is 0.271 e. The Hall–Kier alpha value is -1.99. The summed E-state index contributed by atoms with van der Waals surface area (Å²) in [4.78, 5) is 13.7. The first-order valence-electron chi connectivity index (χ1n) is 11.5. The van der Waals surface area contributed by atoms with Gasteiger partial charge in [-0.3, -0.25) is 9.35 Å². The van der Waals surface area contributed by atoms with E-state index in [0.717, 1.165) is 16.7 Å². The molecule has 9 heteroatoms. The molecule has 1 saturated heterocycles. The molecule has 1 aliphatic carbocycles. The monoisotopic (exact) mass is 507 g/mol. The van der Waals surface area contributed by atoms with Crippen LogP contribution in [0, 0.1) is 31.1 Å². The first kappa shape index (κ1) is 26.6. The molecule has 1 fully saturated rings. The minimum absolute atomic E-state index is 0.0188. The van der Waals surface area contributed by atoms with E-state index < -0.39 is 30.8 Å². The van der Waals surface area contributed by atoms with E-state index in [9.17, 15) is 26.2 Å². The van der Waals surface area contributed by atoms with Crippen LogP contribution >= 0.6 is 0 Å². The molecule has 7 nitrogen and oxygen atoms in total. The summed E-state index contributed by atoms with van der Waals surface area (Å²) in [7, 11) is -7.77. The highest BCUT2D eigenvalue weighted by molar-refractivity contribution is 7.89. The number of carbonyl (C=O) groups is 1. The highest BCUT2D eigenvalue weighted by Gasteiger charge is 2.46. The van der Waals surface area contributed by atoms with E-state index in [1.165, 1.54) is 11.2 Å². The molecule has 186 valence electrons. The van der Waals surface area contributed by atoms with Gasteiger partial charge < -0.3 is 0 Å². The molecule has 0 saturated carbocycles. The summed E-state index contributed by atoms with van der Waals surface area (Å²) in [5.41, 5.74) is 3.40. The molecule has 1 aromatic rings. The van der Waals surface area contributed by atoms with Crippen molar-refractivity contribution in [3.63, 3.8) is 0 Å². The molecule has 0 aromatic heterocycles. The van der Waals surface area contributed by atoms with Crippen molar-refractivity contribution >= 4 is 31.5 Å². The van der Waals surface area contributed by atoms with E-state index in [4.69, 9.17) is 0 Å². The summed E-state index contributed by atoms with van der Waals surface area (Å²) in [6, 6.07) is 3.76. The Morgan fingerprint density at radius 2 is 1.65 bits per heavy atom. The fraction of sp³-hybridized carbons (Fsp3) is 0.560. The minimum Gasteiger partial charge on any atom is -0.294 e. The van der Waals surface area contributed by atoms with E-state index in [2.05, 4.69) is 11.8 Å². The quantitative estimate of drug-likeness (QED) is 0.483. The maximum Gasteiger partial charge on any atom is 0.271 e. The molecular weight excluding hydrogens is 474 g/mol. The second-order valence-corrected chi connectivity index (χ2v) is 13.5. The summed E-state index contributed by atoms with van der Waals surface area (Å²) >= 11 is 0. The van der Waals surface area contributed by atoms with Gasteiger partial charge in [0.25, 0.3) is 10.1 Å². The Bertz CT molecular complexity index is 1280. The molecule has 1 spiro atoms. The highest BCUT2D eigenvalue weighted by Crippen LogP contribution is 2.50. The van der Waals surface area contributed by atoms with Crippen LogP contribution in [0.1, 0.15) is 68.7 Å². The lowest BCUT2D eigenvalue weighted by Crippen LogP contribution is -2.46. The fourth-order valence-electron chi connectivity index (χ4n) is 5.34. The number of Topliss-reactive ketones (excluding diaryl/α,β-unsaturated/α-hetero) is 1. The molecule has 0 amide bonds. The van der Waals surface area contributed by atoms with Gasteiger partial charge in [-0.05, 0) is 93.7 Å². The molecule has 34 heavy (non-hydrogen) atoms. The molecule has 1 aromatic carbocycles. The first-order valence-corrected chi connectivity index (χ1v) is 14.6. The van der Waals surface area contributed by atoms with Crippen LogP contribution in [0.25, 0.3) is 5.57 Å². The number of benzene rings is 1. The zero-order valence-electron chi connectivity index (χ0n) is 20.4. The van der Waals surface area contributed by atoms with Crippen LogP contribution in [-0.4, -0.2) is 55.6 Å². The van der Waals surface area contributed by atoms with Crippen molar-refractivity contribution in [1.29, 1.82) is 0 Å². The molecule has 0 radical (unpaired) electrons.